The molecule has 7 heteroatoms. The number of carbonyl (C=O) groups is 2. The van der Waals surface area contributed by atoms with Crippen molar-refractivity contribution in [3.8, 4) is 0 Å². The van der Waals surface area contributed by atoms with Gasteiger partial charge < -0.3 is 9.80 Å². The zero-order valence-electron chi connectivity index (χ0n) is 17.0. The third-order valence-corrected chi connectivity index (χ3v) is 5.93. The summed E-state index contributed by atoms with van der Waals surface area (Å²) in [4.78, 5) is 31.4. The lowest BCUT2D eigenvalue weighted by Crippen LogP contribution is -2.56. The number of fused-ring (bicyclic) bond motifs is 1. The van der Waals surface area contributed by atoms with Gasteiger partial charge in [0, 0.05) is 39.3 Å². The SMILES string of the molecule is Cc1cccc(CN2CCN3CCN(C(=O)c4cc(F)ccc4F)CCC3C2=O)c1. The predicted octanol–water partition coefficient (Wildman–Crippen LogP) is 2.83. The zero-order valence-corrected chi connectivity index (χ0v) is 17.0. The summed E-state index contributed by atoms with van der Waals surface area (Å²) in [5.41, 5.74) is 2.00. The average Bonchev–Trinajstić information content (AvgIpc) is 2.95. The summed E-state index contributed by atoms with van der Waals surface area (Å²) in [6.07, 6.45) is 0.478. The second kappa shape index (κ2) is 8.52. The van der Waals surface area contributed by atoms with Gasteiger partial charge in [0.1, 0.15) is 11.6 Å². The van der Waals surface area contributed by atoms with Crippen molar-refractivity contribution in [2.24, 2.45) is 0 Å². The third kappa shape index (κ3) is 4.21. The van der Waals surface area contributed by atoms with Crippen LogP contribution < -0.4 is 0 Å². The Morgan fingerprint density at radius 2 is 1.83 bits per heavy atom. The molecule has 2 heterocycles. The quantitative estimate of drug-likeness (QED) is 0.777. The Kier molecular flexibility index (Phi) is 5.81. The fourth-order valence-electron chi connectivity index (χ4n) is 4.32. The van der Waals surface area contributed by atoms with Crippen molar-refractivity contribution < 1.29 is 18.4 Å². The van der Waals surface area contributed by atoms with Crippen LogP contribution in [0.15, 0.2) is 42.5 Å². The first-order valence-electron chi connectivity index (χ1n) is 10.2. The highest BCUT2D eigenvalue weighted by molar-refractivity contribution is 5.94. The van der Waals surface area contributed by atoms with Gasteiger partial charge in [0.2, 0.25) is 5.91 Å². The van der Waals surface area contributed by atoms with E-state index in [1.54, 1.807) is 0 Å². The van der Waals surface area contributed by atoms with Gasteiger partial charge in [0.05, 0.1) is 11.6 Å². The summed E-state index contributed by atoms with van der Waals surface area (Å²) < 4.78 is 27.5. The summed E-state index contributed by atoms with van der Waals surface area (Å²) >= 11 is 0. The van der Waals surface area contributed by atoms with Gasteiger partial charge in [0.25, 0.3) is 5.91 Å². The fraction of sp³-hybridized carbons (Fsp3) is 0.391. The smallest absolute Gasteiger partial charge is 0.256 e. The molecule has 158 valence electrons. The molecule has 30 heavy (non-hydrogen) atoms. The summed E-state index contributed by atoms with van der Waals surface area (Å²) in [7, 11) is 0. The Hall–Kier alpha value is -2.80. The molecule has 0 bridgehead atoms. The van der Waals surface area contributed by atoms with Gasteiger partial charge >= 0.3 is 0 Å². The monoisotopic (exact) mass is 413 g/mol. The van der Waals surface area contributed by atoms with E-state index in [0.717, 1.165) is 35.9 Å². The number of hydrogen-bond donors (Lipinski definition) is 0. The molecule has 1 unspecified atom stereocenters. The highest BCUT2D eigenvalue weighted by Crippen LogP contribution is 2.22. The molecule has 0 spiro atoms. The Bertz CT molecular complexity index is 965. The number of hydrogen-bond acceptors (Lipinski definition) is 3. The highest BCUT2D eigenvalue weighted by Gasteiger charge is 2.37. The van der Waals surface area contributed by atoms with Gasteiger partial charge in [-0.3, -0.25) is 14.5 Å². The number of amides is 2. The molecule has 2 aliphatic heterocycles. The molecule has 0 saturated carbocycles. The van der Waals surface area contributed by atoms with Crippen molar-refractivity contribution in [3.63, 3.8) is 0 Å². The fourth-order valence-corrected chi connectivity index (χ4v) is 4.32. The normalized spacial score (nSPS) is 20.1. The van der Waals surface area contributed by atoms with Crippen molar-refractivity contribution in [2.45, 2.75) is 25.9 Å². The van der Waals surface area contributed by atoms with Gasteiger partial charge in [-0.2, -0.15) is 0 Å². The van der Waals surface area contributed by atoms with Gasteiger partial charge in [-0.25, -0.2) is 8.78 Å². The van der Waals surface area contributed by atoms with Gasteiger partial charge in [-0.05, 0) is 37.1 Å². The van der Waals surface area contributed by atoms with Crippen LogP contribution in [0.2, 0.25) is 0 Å². The molecule has 5 nitrogen and oxygen atoms in total. The molecule has 2 saturated heterocycles. The Morgan fingerprint density at radius 1 is 1.03 bits per heavy atom. The lowest BCUT2D eigenvalue weighted by molar-refractivity contribution is -0.142. The molecule has 2 aliphatic rings. The summed E-state index contributed by atoms with van der Waals surface area (Å²) in [5.74, 6) is -1.84. The van der Waals surface area contributed by atoms with Crippen LogP contribution in [0.3, 0.4) is 0 Å². The maximum absolute atomic E-state index is 14.0. The van der Waals surface area contributed by atoms with Crippen LogP contribution in [0.5, 0.6) is 0 Å². The molecule has 0 radical (unpaired) electrons. The van der Waals surface area contributed by atoms with Crippen molar-refractivity contribution >= 4 is 11.8 Å². The van der Waals surface area contributed by atoms with Crippen LogP contribution in [-0.4, -0.2) is 65.3 Å². The molecule has 4 rings (SSSR count). The van der Waals surface area contributed by atoms with E-state index < -0.39 is 17.5 Å². The minimum Gasteiger partial charge on any atom is -0.337 e. The number of halogens is 2. The molecular weight excluding hydrogens is 388 g/mol. The predicted molar refractivity (Wildman–Crippen MR) is 109 cm³/mol. The second-order valence-electron chi connectivity index (χ2n) is 8.01. The first-order chi connectivity index (χ1) is 14.4. The minimum absolute atomic E-state index is 0.0639. The highest BCUT2D eigenvalue weighted by atomic mass is 19.1. The molecule has 2 amide bonds. The molecular formula is C23H25F2N3O2. The Balaban J connectivity index is 1.45. The maximum atomic E-state index is 14.0. The molecule has 2 aromatic rings. The van der Waals surface area contributed by atoms with Gasteiger partial charge in [-0.15, -0.1) is 0 Å². The number of aryl methyl sites for hydroxylation is 1. The Morgan fingerprint density at radius 3 is 2.63 bits per heavy atom. The van der Waals surface area contributed by atoms with Crippen LogP contribution in [0, 0.1) is 18.6 Å². The van der Waals surface area contributed by atoms with E-state index in [4.69, 9.17) is 0 Å². The van der Waals surface area contributed by atoms with E-state index in [9.17, 15) is 18.4 Å². The largest absolute Gasteiger partial charge is 0.337 e. The standard InChI is InChI=1S/C23H25F2N3O2/c1-16-3-2-4-17(13-16)15-28-12-10-26-9-11-27(8-7-21(26)23(28)30)22(29)19-14-18(24)5-6-20(19)25/h2-6,13-14,21H,7-12,15H2,1H3. The van der Waals surface area contributed by atoms with Crippen LogP contribution >= 0.6 is 0 Å². The maximum Gasteiger partial charge on any atom is 0.256 e. The lowest BCUT2D eigenvalue weighted by Gasteiger charge is -2.39. The summed E-state index contributed by atoms with van der Waals surface area (Å²) in [6.45, 7) is 5.23. The van der Waals surface area contributed by atoms with E-state index >= 15 is 0 Å². The van der Waals surface area contributed by atoms with E-state index in [1.807, 2.05) is 30.0 Å². The molecule has 0 N–H and O–H groups in total. The van der Waals surface area contributed by atoms with Crippen molar-refractivity contribution in [2.75, 3.05) is 32.7 Å². The first kappa shape index (κ1) is 20.5. The molecule has 0 aliphatic carbocycles. The van der Waals surface area contributed by atoms with Gasteiger partial charge in [-0.1, -0.05) is 29.8 Å². The topological polar surface area (TPSA) is 43.9 Å². The zero-order chi connectivity index (χ0) is 21.3. The van der Waals surface area contributed by atoms with Crippen LogP contribution in [-0.2, 0) is 11.3 Å². The van der Waals surface area contributed by atoms with E-state index in [2.05, 4.69) is 11.0 Å². The van der Waals surface area contributed by atoms with Crippen molar-refractivity contribution in [3.05, 3.63) is 70.8 Å². The molecule has 2 aromatic carbocycles. The molecule has 2 fully saturated rings. The number of rotatable bonds is 3. The van der Waals surface area contributed by atoms with Crippen LogP contribution in [0.4, 0.5) is 8.78 Å². The van der Waals surface area contributed by atoms with Crippen molar-refractivity contribution in [1.29, 1.82) is 0 Å². The first-order valence-corrected chi connectivity index (χ1v) is 10.2. The van der Waals surface area contributed by atoms with E-state index in [0.29, 0.717) is 39.1 Å². The minimum atomic E-state index is -0.733. The van der Waals surface area contributed by atoms with E-state index in [1.165, 1.54) is 4.90 Å². The second-order valence-corrected chi connectivity index (χ2v) is 8.01. The Labute approximate surface area is 174 Å². The van der Waals surface area contributed by atoms with Crippen molar-refractivity contribution in [1.82, 2.24) is 14.7 Å². The van der Waals surface area contributed by atoms with Crippen LogP contribution in [0.1, 0.15) is 27.9 Å². The summed E-state index contributed by atoms with van der Waals surface area (Å²) in [6, 6.07) is 10.7. The average molecular weight is 413 g/mol. The van der Waals surface area contributed by atoms with Crippen LogP contribution in [0.25, 0.3) is 0 Å². The molecule has 0 aromatic heterocycles. The number of nitrogens with zero attached hydrogens (tertiary/aromatic N) is 3. The number of benzene rings is 2. The number of piperazine rings is 1. The molecule has 1 atom stereocenters. The number of carbonyl (C=O) groups excluding carboxylic acids is 2. The van der Waals surface area contributed by atoms with E-state index in [-0.39, 0.29) is 17.5 Å². The summed E-state index contributed by atoms with van der Waals surface area (Å²) in [5, 5.41) is 0. The van der Waals surface area contributed by atoms with Gasteiger partial charge in [0.15, 0.2) is 0 Å². The third-order valence-electron chi connectivity index (χ3n) is 5.93. The lowest BCUT2D eigenvalue weighted by atomic mass is 10.1.